The lowest BCUT2D eigenvalue weighted by Gasteiger charge is -2.13. The summed E-state index contributed by atoms with van der Waals surface area (Å²) in [7, 11) is 0. The number of nitro groups is 1. The number of carbonyl (C=O) groups is 1. The molecule has 0 fully saturated rings. The summed E-state index contributed by atoms with van der Waals surface area (Å²) >= 11 is 0. The van der Waals surface area contributed by atoms with Crippen LogP contribution in [0.5, 0.6) is 0 Å². The van der Waals surface area contributed by atoms with Gasteiger partial charge in [0.1, 0.15) is 5.69 Å². The van der Waals surface area contributed by atoms with Gasteiger partial charge in [-0.25, -0.2) is 0 Å². The molecule has 0 aliphatic rings. The number of anilines is 1. The van der Waals surface area contributed by atoms with E-state index in [2.05, 4.69) is 5.32 Å². The van der Waals surface area contributed by atoms with E-state index in [1.165, 1.54) is 12.1 Å². The van der Waals surface area contributed by atoms with Gasteiger partial charge < -0.3 is 16.2 Å². The minimum absolute atomic E-state index is 0.0227. The number of aryl methyl sites for hydroxylation is 1. The Kier molecular flexibility index (Phi) is 5.49. The standard InChI is InChI=1S/C17H19N3O4/c1-11-7-14(16(18)15(8-11)20(23)24)17(22)19-10-13(21)9-12-5-3-2-4-6-12/h2-8,13,21H,9-10,18H2,1H3,(H,19,22). The van der Waals surface area contributed by atoms with Crippen molar-refractivity contribution < 1.29 is 14.8 Å². The molecule has 0 spiro atoms. The van der Waals surface area contributed by atoms with E-state index in [4.69, 9.17) is 5.73 Å². The zero-order valence-electron chi connectivity index (χ0n) is 13.2. The second-order valence-electron chi connectivity index (χ2n) is 5.56. The molecule has 0 aliphatic carbocycles. The summed E-state index contributed by atoms with van der Waals surface area (Å²) in [6.07, 6.45) is -0.373. The average molecular weight is 329 g/mol. The number of nitrogens with zero attached hydrogens (tertiary/aromatic N) is 1. The van der Waals surface area contributed by atoms with Crippen LogP contribution in [0, 0.1) is 17.0 Å². The van der Waals surface area contributed by atoms with Crippen molar-refractivity contribution in [2.75, 3.05) is 12.3 Å². The van der Waals surface area contributed by atoms with Crippen LogP contribution in [-0.4, -0.2) is 28.6 Å². The third-order valence-electron chi connectivity index (χ3n) is 3.56. The highest BCUT2D eigenvalue weighted by Gasteiger charge is 2.20. The number of hydrogen-bond acceptors (Lipinski definition) is 5. The number of benzene rings is 2. The molecule has 2 aromatic carbocycles. The number of rotatable bonds is 6. The first kappa shape index (κ1) is 17.4. The van der Waals surface area contributed by atoms with Gasteiger partial charge in [0.15, 0.2) is 0 Å². The Hall–Kier alpha value is -2.93. The quantitative estimate of drug-likeness (QED) is 0.424. The lowest BCUT2D eigenvalue weighted by Crippen LogP contribution is -2.33. The first-order valence-electron chi connectivity index (χ1n) is 7.43. The Morgan fingerprint density at radius 2 is 2.00 bits per heavy atom. The highest BCUT2D eigenvalue weighted by Crippen LogP contribution is 2.26. The first-order valence-corrected chi connectivity index (χ1v) is 7.43. The zero-order valence-corrected chi connectivity index (χ0v) is 13.2. The van der Waals surface area contributed by atoms with Crippen LogP contribution in [0.25, 0.3) is 0 Å². The van der Waals surface area contributed by atoms with E-state index >= 15 is 0 Å². The molecule has 1 atom stereocenters. The summed E-state index contributed by atoms with van der Waals surface area (Å²) in [4.78, 5) is 22.6. The maximum atomic E-state index is 12.2. The number of amides is 1. The normalized spacial score (nSPS) is 11.8. The van der Waals surface area contributed by atoms with Gasteiger partial charge in [0, 0.05) is 19.0 Å². The van der Waals surface area contributed by atoms with Crippen molar-refractivity contribution in [2.24, 2.45) is 0 Å². The number of nitrogen functional groups attached to an aromatic ring is 1. The molecule has 24 heavy (non-hydrogen) atoms. The van der Waals surface area contributed by atoms with Crippen molar-refractivity contribution in [3.8, 4) is 0 Å². The molecule has 0 bridgehead atoms. The van der Waals surface area contributed by atoms with Gasteiger partial charge in [-0.1, -0.05) is 30.3 Å². The number of nitro benzene ring substituents is 1. The molecule has 2 rings (SSSR count). The molecule has 0 radical (unpaired) electrons. The summed E-state index contributed by atoms with van der Waals surface area (Å²) < 4.78 is 0. The van der Waals surface area contributed by atoms with Crippen molar-refractivity contribution in [3.05, 3.63) is 69.3 Å². The van der Waals surface area contributed by atoms with Gasteiger partial charge in [-0.15, -0.1) is 0 Å². The summed E-state index contributed by atoms with van der Waals surface area (Å²) in [6, 6.07) is 12.2. The van der Waals surface area contributed by atoms with Crippen molar-refractivity contribution in [3.63, 3.8) is 0 Å². The minimum Gasteiger partial charge on any atom is -0.393 e. The average Bonchev–Trinajstić information content (AvgIpc) is 2.55. The van der Waals surface area contributed by atoms with Gasteiger partial charge in [0.25, 0.3) is 11.6 Å². The van der Waals surface area contributed by atoms with E-state index in [1.54, 1.807) is 6.92 Å². The van der Waals surface area contributed by atoms with Crippen molar-refractivity contribution in [2.45, 2.75) is 19.4 Å². The summed E-state index contributed by atoms with van der Waals surface area (Å²) in [5.41, 5.74) is 6.78. The van der Waals surface area contributed by atoms with E-state index in [1.807, 2.05) is 30.3 Å². The zero-order chi connectivity index (χ0) is 17.7. The molecule has 2 aromatic rings. The van der Waals surface area contributed by atoms with Gasteiger partial charge >= 0.3 is 0 Å². The Balaban J connectivity index is 2.03. The Labute approximate surface area is 139 Å². The maximum Gasteiger partial charge on any atom is 0.293 e. The minimum atomic E-state index is -0.766. The SMILES string of the molecule is Cc1cc(C(=O)NCC(O)Cc2ccccc2)c(N)c([N+](=O)[O-])c1. The second-order valence-corrected chi connectivity index (χ2v) is 5.56. The molecule has 0 heterocycles. The topological polar surface area (TPSA) is 118 Å². The first-order chi connectivity index (χ1) is 11.4. The number of aliphatic hydroxyl groups excluding tert-OH is 1. The molecule has 1 unspecified atom stereocenters. The molecular weight excluding hydrogens is 310 g/mol. The molecule has 4 N–H and O–H groups in total. The summed E-state index contributed by atoms with van der Waals surface area (Å²) in [5, 5.41) is 23.5. The molecule has 0 aromatic heterocycles. The smallest absolute Gasteiger partial charge is 0.293 e. The maximum absolute atomic E-state index is 12.2. The monoisotopic (exact) mass is 329 g/mol. The number of nitrogens with one attached hydrogen (secondary N) is 1. The third-order valence-corrected chi connectivity index (χ3v) is 3.56. The van der Waals surface area contributed by atoms with Crippen LogP contribution in [0.3, 0.4) is 0 Å². The van der Waals surface area contributed by atoms with Crippen LogP contribution in [0.4, 0.5) is 11.4 Å². The Morgan fingerprint density at radius 3 is 2.62 bits per heavy atom. The molecule has 7 heteroatoms. The predicted molar refractivity (Wildman–Crippen MR) is 90.7 cm³/mol. The van der Waals surface area contributed by atoms with E-state index in [0.717, 1.165) is 5.56 Å². The largest absolute Gasteiger partial charge is 0.393 e. The summed E-state index contributed by atoms with van der Waals surface area (Å²) in [6.45, 7) is 1.67. The highest BCUT2D eigenvalue weighted by atomic mass is 16.6. The van der Waals surface area contributed by atoms with Crippen molar-refractivity contribution >= 4 is 17.3 Å². The van der Waals surface area contributed by atoms with E-state index in [-0.39, 0.29) is 23.5 Å². The predicted octanol–water partition coefficient (Wildman–Crippen LogP) is 1.82. The fourth-order valence-electron chi connectivity index (χ4n) is 2.38. The molecule has 126 valence electrons. The number of aliphatic hydroxyl groups is 1. The lowest BCUT2D eigenvalue weighted by atomic mass is 10.1. The van der Waals surface area contributed by atoms with Crippen LogP contribution < -0.4 is 11.1 Å². The van der Waals surface area contributed by atoms with Crippen LogP contribution in [-0.2, 0) is 6.42 Å². The van der Waals surface area contributed by atoms with Gasteiger partial charge in [0.05, 0.1) is 16.6 Å². The van der Waals surface area contributed by atoms with Crippen LogP contribution in [0.2, 0.25) is 0 Å². The van der Waals surface area contributed by atoms with Crippen LogP contribution in [0.15, 0.2) is 42.5 Å². The van der Waals surface area contributed by atoms with Gasteiger partial charge in [-0.05, 0) is 24.1 Å². The third kappa shape index (κ3) is 4.30. The fraction of sp³-hybridized carbons (Fsp3) is 0.235. The van der Waals surface area contributed by atoms with Crippen LogP contribution in [0.1, 0.15) is 21.5 Å². The van der Waals surface area contributed by atoms with Gasteiger partial charge in [-0.2, -0.15) is 0 Å². The molecule has 0 saturated heterocycles. The number of carbonyl (C=O) groups excluding carboxylic acids is 1. The van der Waals surface area contributed by atoms with Crippen molar-refractivity contribution in [1.29, 1.82) is 0 Å². The van der Waals surface area contributed by atoms with E-state index in [0.29, 0.717) is 12.0 Å². The Bertz CT molecular complexity index is 747. The fourth-order valence-corrected chi connectivity index (χ4v) is 2.38. The van der Waals surface area contributed by atoms with Crippen LogP contribution >= 0.6 is 0 Å². The molecule has 0 saturated carbocycles. The Morgan fingerprint density at radius 1 is 1.33 bits per heavy atom. The van der Waals surface area contributed by atoms with E-state index < -0.39 is 16.9 Å². The molecular formula is C17H19N3O4. The number of hydrogen-bond donors (Lipinski definition) is 3. The van der Waals surface area contributed by atoms with Gasteiger partial charge in [-0.3, -0.25) is 14.9 Å². The summed E-state index contributed by atoms with van der Waals surface area (Å²) in [5.74, 6) is -0.550. The lowest BCUT2D eigenvalue weighted by molar-refractivity contribution is -0.384. The molecule has 7 nitrogen and oxygen atoms in total. The molecule has 0 aliphatic heterocycles. The number of nitrogens with two attached hydrogens (primary N) is 1. The van der Waals surface area contributed by atoms with Crippen molar-refractivity contribution in [1.82, 2.24) is 5.32 Å². The second kappa shape index (κ2) is 7.56. The highest BCUT2D eigenvalue weighted by molar-refractivity contribution is 6.01. The molecule has 1 amide bonds. The van der Waals surface area contributed by atoms with E-state index in [9.17, 15) is 20.0 Å². The van der Waals surface area contributed by atoms with Gasteiger partial charge in [0.2, 0.25) is 0 Å².